The number of hydrogen-bond donors (Lipinski definition) is 2. The third-order valence-corrected chi connectivity index (χ3v) is 3.92. The summed E-state index contributed by atoms with van der Waals surface area (Å²) in [7, 11) is 0. The highest BCUT2D eigenvalue weighted by Crippen LogP contribution is 2.42. The first kappa shape index (κ1) is 14.2. The van der Waals surface area contributed by atoms with Crippen LogP contribution in [0.15, 0.2) is 11.6 Å². The van der Waals surface area contributed by atoms with Crippen LogP contribution < -0.4 is 5.73 Å². The molecule has 1 aliphatic carbocycles. The van der Waals surface area contributed by atoms with Crippen LogP contribution in [0.5, 0.6) is 0 Å². The van der Waals surface area contributed by atoms with Gasteiger partial charge in [-0.1, -0.05) is 38.7 Å². The Kier molecular flexibility index (Phi) is 5.19. The Morgan fingerprint density at radius 2 is 2.24 bits per heavy atom. The molecule has 3 N–H and O–H groups in total. The Morgan fingerprint density at radius 3 is 2.76 bits per heavy atom. The summed E-state index contributed by atoms with van der Waals surface area (Å²) < 4.78 is 0. The smallest absolute Gasteiger partial charge is 0.244 e. The summed E-state index contributed by atoms with van der Waals surface area (Å²) in [6.45, 7) is 3.89. The minimum Gasteiger partial charge on any atom is -0.392 e. The molecule has 1 saturated carbocycles. The number of hydrogen-bond acceptors (Lipinski definition) is 2. The van der Waals surface area contributed by atoms with Gasteiger partial charge in [0.2, 0.25) is 5.91 Å². The first-order chi connectivity index (χ1) is 8.02. The molecule has 0 aliphatic heterocycles. The molecule has 0 radical (unpaired) electrons. The SMILES string of the molecule is CCCCC1(C=C(C)C(N)=O)CCCCC1O. The van der Waals surface area contributed by atoms with E-state index in [4.69, 9.17) is 5.73 Å². The molecule has 1 rings (SSSR count). The van der Waals surface area contributed by atoms with Crippen LogP contribution in [0, 0.1) is 5.41 Å². The van der Waals surface area contributed by atoms with Crippen LogP contribution in [-0.2, 0) is 4.79 Å². The second-order valence-corrected chi connectivity index (χ2v) is 5.29. The standard InChI is InChI=1S/C14H25NO2/c1-3-4-8-14(10-11(2)13(15)17)9-6-5-7-12(14)16/h10,12,16H,3-9H2,1-2H3,(H2,15,17). The van der Waals surface area contributed by atoms with Gasteiger partial charge in [0.15, 0.2) is 0 Å². The third-order valence-electron chi connectivity index (χ3n) is 3.92. The van der Waals surface area contributed by atoms with Crippen LogP contribution in [0.3, 0.4) is 0 Å². The molecule has 1 amide bonds. The van der Waals surface area contributed by atoms with Crippen LogP contribution in [0.4, 0.5) is 0 Å². The molecule has 0 aromatic carbocycles. The zero-order valence-electron chi connectivity index (χ0n) is 11.0. The molecule has 1 aliphatic rings. The maximum atomic E-state index is 11.2. The molecule has 17 heavy (non-hydrogen) atoms. The Balaban J connectivity index is 2.91. The van der Waals surface area contributed by atoms with Crippen molar-refractivity contribution in [2.45, 2.75) is 64.9 Å². The number of aliphatic hydroxyl groups is 1. The van der Waals surface area contributed by atoms with E-state index in [1.165, 1.54) is 0 Å². The molecule has 3 heteroatoms. The van der Waals surface area contributed by atoms with Crippen molar-refractivity contribution in [3.63, 3.8) is 0 Å². The predicted molar refractivity (Wildman–Crippen MR) is 69.4 cm³/mol. The topological polar surface area (TPSA) is 63.3 Å². The van der Waals surface area contributed by atoms with Crippen molar-refractivity contribution < 1.29 is 9.90 Å². The van der Waals surface area contributed by atoms with Crippen molar-refractivity contribution >= 4 is 5.91 Å². The van der Waals surface area contributed by atoms with Gasteiger partial charge in [-0.05, 0) is 26.2 Å². The maximum absolute atomic E-state index is 11.2. The van der Waals surface area contributed by atoms with E-state index >= 15 is 0 Å². The van der Waals surface area contributed by atoms with E-state index in [2.05, 4.69) is 6.92 Å². The molecule has 2 atom stereocenters. The number of amides is 1. The molecule has 0 saturated heterocycles. The Labute approximate surface area is 104 Å². The van der Waals surface area contributed by atoms with Gasteiger partial charge in [0.1, 0.15) is 0 Å². The molecule has 1 fully saturated rings. The molecule has 98 valence electrons. The lowest BCUT2D eigenvalue weighted by Gasteiger charge is -2.40. The van der Waals surface area contributed by atoms with Crippen molar-refractivity contribution in [2.75, 3.05) is 0 Å². The average Bonchev–Trinajstić information content (AvgIpc) is 2.30. The number of aliphatic hydroxyl groups excluding tert-OH is 1. The first-order valence-corrected chi connectivity index (χ1v) is 6.69. The van der Waals surface area contributed by atoms with Crippen LogP contribution in [-0.4, -0.2) is 17.1 Å². The average molecular weight is 239 g/mol. The highest BCUT2D eigenvalue weighted by Gasteiger charge is 2.37. The molecule has 0 aromatic rings. The van der Waals surface area contributed by atoms with E-state index < -0.39 is 0 Å². The largest absolute Gasteiger partial charge is 0.392 e. The van der Waals surface area contributed by atoms with Crippen molar-refractivity contribution in [2.24, 2.45) is 11.1 Å². The van der Waals surface area contributed by atoms with E-state index in [1.54, 1.807) is 6.92 Å². The monoisotopic (exact) mass is 239 g/mol. The summed E-state index contributed by atoms with van der Waals surface area (Å²) in [6, 6.07) is 0. The van der Waals surface area contributed by atoms with Gasteiger partial charge in [0.25, 0.3) is 0 Å². The van der Waals surface area contributed by atoms with Crippen molar-refractivity contribution in [1.29, 1.82) is 0 Å². The van der Waals surface area contributed by atoms with E-state index in [0.717, 1.165) is 44.9 Å². The summed E-state index contributed by atoms with van der Waals surface area (Å²) in [5.74, 6) is -0.376. The molecular formula is C14H25NO2. The zero-order chi connectivity index (χ0) is 12.9. The number of unbranched alkanes of at least 4 members (excludes halogenated alkanes) is 1. The fraction of sp³-hybridized carbons (Fsp3) is 0.786. The van der Waals surface area contributed by atoms with Crippen molar-refractivity contribution in [3.8, 4) is 0 Å². The summed E-state index contributed by atoms with van der Waals surface area (Å²) in [6.07, 6.45) is 8.78. The molecular weight excluding hydrogens is 214 g/mol. The van der Waals surface area contributed by atoms with E-state index in [9.17, 15) is 9.90 Å². The normalized spacial score (nSPS) is 30.3. The lowest BCUT2D eigenvalue weighted by Crippen LogP contribution is -2.37. The fourth-order valence-corrected chi connectivity index (χ4v) is 2.79. The van der Waals surface area contributed by atoms with Crippen molar-refractivity contribution in [1.82, 2.24) is 0 Å². The summed E-state index contributed by atoms with van der Waals surface area (Å²) in [5.41, 5.74) is 5.67. The first-order valence-electron chi connectivity index (χ1n) is 6.69. The van der Waals surface area contributed by atoms with Gasteiger partial charge >= 0.3 is 0 Å². The van der Waals surface area contributed by atoms with E-state index in [1.807, 2.05) is 6.08 Å². The van der Waals surface area contributed by atoms with Gasteiger partial charge in [0, 0.05) is 11.0 Å². The lowest BCUT2D eigenvalue weighted by molar-refractivity contribution is -0.114. The van der Waals surface area contributed by atoms with Gasteiger partial charge in [-0.15, -0.1) is 0 Å². The van der Waals surface area contributed by atoms with Crippen LogP contribution >= 0.6 is 0 Å². The van der Waals surface area contributed by atoms with E-state index in [-0.39, 0.29) is 17.4 Å². The maximum Gasteiger partial charge on any atom is 0.244 e. The minimum atomic E-state index is -0.376. The number of carbonyl (C=O) groups excluding carboxylic acids is 1. The van der Waals surface area contributed by atoms with Crippen molar-refractivity contribution in [3.05, 3.63) is 11.6 Å². The molecule has 2 unspecified atom stereocenters. The molecule has 0 aromatic heterocycles. The lowest BCUT2D eigenvalue weighted by atomic mass is 9.68. The van der Waals surface area contributed by atoms with Gasteiger partial charge in [-0.25, -0.2) is 0 Å². The second kappa shape index (κ2) is 6.20. The Morgan fingerprint density at radius 1 is 1.53 bits per heavy atom. The number of primary amides is 1. The third kappa shape index (κ3) is 3.56. The predicted octanol–water partition coefficient (Wildman–Crippen LogP) is 2.53. The summed E-state index contributed by atoms with van der Waals surface area (Å²) in [5, 5.41) is 10.3. The summed E-state index contributed by atoms with van der Waals surface area (Å²) >= 11 is 0. The fourth-order valence-electron chi connectivity index (χ4n) is 2.79. The van der Waals surface area contributed by atoms with Crippen LogP contribution in [0.2, 0.25) is 0 Å². The Bertz CT molecular complexity index is 299. The van der Waals surface area contributed by atoms with Gasteiger partial charge in [0.05, 0.1) is 6.10 Å². The zero-order valence-corrected chi connectivity index (χ0v) is 11.0. The van der Waals surface area contributed by atoms with Crippen LogP contribution in [0.25, 0.3) is 0 Å². The number of nitrogens with two attached hydrogens (primary N) is 1. The molecule has 0 bridgehead atoms. The number of rotatable bonds is 5. The second-order valence-electron chi connectivity index (χ2n) is 5.29. The van der Waals surface area contributed by atoms with Gasteiger partial charge in [-0.3, -0.25) is 4.79 Å². The van der Waals surface area contributed by atoms with E-state index in [0.29, 0.717) is 5.57 Å². The minimum absolute atomic E-state index is 0.215. The Hall–Kier alpha value is -0.830. The summed E-state index contributed by atoms with van der Waals surface area (Å²) in [4.78, 5) is 11.2. The molecule has 0 spiro atoms. The highest BCUT2D eigenvalue weighted by atomic mass is 16.3. The quantitative estimate of drug-likeness (QED) is 0.724. The number of carbonyl (C=O) groups is 1. The van der Waals surface area contributed by atoms with Gasteiger partial charge < -0.3 is 10.8 Å². The molecule has 3 nitrogen and oxygen atoms in total. The van der Waals surface area contributed by atoms with Gasteiger partial charge in [-0.2, -0.15) is 0 Å². The molecule has 0 heterocycles. The van der Waals surface area contributed by atoms with Crippen LogP contribution in [0.1, 0.15) is 58.8 Å². The highest BCUT2D eigenvalue weighted by molar-refractivity contribution is 5.91.